The fourth-order valence-electron chi connectivity index (χ4n) is 1.18. The van der Waals surface area contributed by atoms with Gasteiger partial charge in [0, 0.05) is 0 Å². The zero-order valence-electron chi connectivity index (χ0n) is 6.77. The van der Waals surface area contributed by atoms with Crippen molar-refractivity contribution in [1.29, 1.82) is 0 Å². The molecule has 0 N–H and O–H groups in total. The van der Waals surface area contributed by atoms with Crippen LogP contribution in [0.1, 0.15) is 6.42 Å². The van der Waals surface area contributed by atoms with Crippen molar-refractivity contribution in [2.45, 2.75) is 6.42 Å². The van der Waals surface area contributed by atoms with Crippen LogP contribution in [-0.2, 0) is 0 Å². The molecule has 2 nitrogen and oxygen atoms in total. The van der Waals surface area contributed by atoms with Crippen molar-refractivity contribution in [1.82, 2.24) is 0 Å². The maximum absolute atomic E-state index is 11.7. The van der Waals surface area contributed by atoms with Gasteiger partial charge in [-0.05, 0) is 0 Å². The Balaban J connectivity index is 2.04. The first-order chi connectivity index (χ1) is 5.79. The Morgan fingerprint density at radius 3 is 2.33 bits per heavy atom. The van der Waals surface area contributed by atoms with E-state index in [0.29, 0.717) is 0 Å². The molecular formula is C9H11NOSe. The number of hydroxylamine groups is 2. The van der Waals surface area contributed by atoms with E-state index in [0.717, 1.165) is 19.5 Å². The van der Waals surface area contributed by atoms with Gasteiger partial charge in [0.05, 0.1) is 0 Å². The number of nitrogens with zero attached hydrogens (tertiary/aromatic N) is 1. The molecule has 1 heterocycles. The van der Waals surface area contributed by atoms with Crippen LogP contribution in [-0.4, -0.2) is 31.9 Å². The summed E-state index contributed by atoms with van der Waals surface area (Å²) < 4.78 is 1.27. The molecule has 0 saturated carbocycles. The van der Waals surface area contributed by atoms with Gasteiger partial charge in [-0.3, -0.25) is 0 Å². The predicted molar refractivity (Wildman–Crippen MR) is 49.8 cm³/mol. The van der Waals surface area contributed by atoms with Gasteiger partial charge in [0.25, 0.3) is 0 Å². The number of quaternary nitrogens is 1. The summed E-state index contributed by atoms with van der Waals surface area (Å²) in [7, 11) is 0. The Bertz CT molecular complexity index is 258. The monoisotopic (exact) mass is 229 g/mol. The first kappa shape index (κ1) is 8.27. The minimum absolute atomic E-state index is 0.0526. The predicted octanol–water partition coefficient (Wildman–Crippen LogP) is 0.649. The number of hydrogen-bond donors (Lipinski definition) is 0. The molecule has 0 atom stereocenters. The van der Waals surface area contributed by atoms with Crippen LogP contribution in [0.15, 0.2) is 30.3 Å². The van der Waals surface area contributed by atoms with Gasteiger partial charge in [0.1, 0.15) is 0 Å². The van der Waals surface area contributed by atoms with Crippen LogP contribution < -0.4 is 4.46 Å². The molecule has 1 aliphatic heterocycles. The van der Waals surface area contributed by atoms with Gasteiger partial charge in [-0.1, -0.05) is 0 Å². The molecule has 0 unspecified atom stereocenters. The first-order valence-corrected chi connectivity index (χ1v) is 5.74. The third-order valence-electron chi connectivity index (χ3n) is 2.01. The Morgan fingerprint density at radius 2 is 1.83 bits per heavy atom. The summed E-state index contributed by atoms with van der Waals surface area (Å²) in [6.45, 7) is 1.66. The zero-order chi connectivity index (χ0) is 8.44. The molecule has 0 spiro atoms. The van der Waals surface area contributed by atoms with Crippen LogP contribution in [0.3, 0.4) is 0 Å². The van der Waals surface area contributed by atoms with E-state index in [4.69, 9.17) is 0 Å². The number of hydrogen-bond acceptors (Lipinski definition) is 1. The van der Waals surface area contributed by atoms with Crippen molar-refractivity contribution < 1.29 is 3.66 Å². The van der Waals surface area contributed by atoms with Crippen molar-refractivity contribution in [2.75, 3.05) is 13.1 Å². The molecule has 0 aliphatic carbocycles. The van der Waals surface area contributed by atoms with E-state index in [2.05, 4.69) is 12.1 Å². The van der Waals surface area contributed by atoms with E-state index >= 15 is 0 Å². The van der Waals surface area contributed by atoms with Gasteiger partial charge >= 0.3 is 78.3 Å². The van der Waals surface area contributed by atoms with E-state index in [-0.39, 0.29) is 18.8 Å². The van der Waals surface area contributed by atoms with Crippen molar-refractivity contribution in [3.8, 4) is 0 Å². The van der Waals surface area contributed by atoms with Gasteiger partial charge < -0.3 is 0 Å². The Morgan fingerprint density at radius 1 is 1.17 bits per heavy atom. The molecule has 0 amide bonds. The molecule has 2 rings (SSSR count). The van der Waals surface area contributed by atoms with Crippen LogP contribution in [0.4, 0.5) is 0 Å². The first-order valence-electron chi connectivity index (χ1n) is 4.11. The van der Waals surface area contributed by atoms with E-state index in [1.54, 1.807) is 0 Å². The maximum atomic E-state index is 11.7. The normalized spacial score (nSPS) is 20.1. The average Bonchev–Trinajstić information content (AvgIpc) is 2.04. The summed E-state index contributed by atoms with van der Waals surface area (Å²) >= 11 is 0.0828. The van der Waals surface area contributed by atoms with Gasteiger partial charge in [-0.15, -0.1) is 0 Å². The summed E-state index contributed by atoms with van der Waals surface area (Å²) in [4.78, 5) is 0. The molecule has 0 aromatic heterocycles. The van der Waals surface area contributed by atoms with Gasteiger partial charge in [-0.2, -0.15) is 0 Å². The molecule has 1 aromatic carbocycles. The number of rotatable bonds is 2. The summed E-state index contributed by atoms with van der Waals surface area (Å²) in [5.41, 5.74) is 0. The molecule has 1 saturated heterocycles. The van der Waals surface area contributed by atoms with E-state index in [1.165, 1.54) is 4.46 Å². The number of benzene rings is 1. The van der Waals surface area contributed by atoms with E-state index < -0.39 is 0 Å². The van der Waals surface area contributed by atoms with Crippen LogP contribution in [0, 0.1) is 5.21 Å². The molecule has 1 aromatic rings. The molecule has 3 heteroatoms. The van der Waals surface area contributed by atoms with Crippen molar-refractivity contribution >= 4 is 19.6 Å². The standard InChI is InChI=1S/C9H11NOSe/c11-10(7-4-8-10)12-9-5-2-1-3-6-9/h1-3,5-6H,4,7-8H2. The van der Waals surface area contributed by atoms with Crippen molar-refractivity contribution in [2.24, 2.45) is 0 Å². The molecule has 64 valence electrons. The van der Waals surface area contributed by atoms with Crippen molar-refractivity contribution in [3.63, 3.8) is 0 Å². The average molecular weight is 228 g/mol. The third-order valence-corrected chi connectivity index (χ3v) is 4.49. The van der Waals surface area contributed by atoms with Crippen LogP contribution in [0.25, 0.3) is 0 Å². The molecule has 0 bridgehead atoms. The second-order valence-electron chi connectivity index (χ2n) is 3.02. The van der Waals surface area contributed by atoms with Gasteiger partial charge in [0.2, 0.25) is 0 Å². The fourth-order valence-corrected chi connectivity index (χ4v) is 3.50. The summed E-state index contributed by atoms with van der Waals surface area (Å²) in [6, 6.07) is 10.1. The molecule has 1 aliphatic rings. The summed E-state index contributed by atoms with van der Waals surface area (Å²) in [6.07, 6.45) is 1.11. The topological polar surface area (TPSA) is 23.1 Å². The van der Waals surface area contributed by atoms with Crippen LogP contribution in [0.2, 0.25) is 0 Å². The van der Waals surface area contributed by atoms with Crippen LogP contribution >= 0.6 is 0 Å². The van der Waals surface area contributed by atoms with Crippen LogP contribution in [0.5, 0.6) is 0 Å². The van der Waals surface area contributed by atoms with Gasteiger partial charge in [0.15, 0.2) is 0 Å². The summed E-state index contributed by atoms with van der Waals surface area (Å²) in [5, 5.41) is 11.7. The molecule has 1 fully saturated rings. The summed E-state index contributed by atoms with van der Waals surface area (Å²) in [5.74, 6) is 0. The second kappa shape index (κ2) is 3.19. The Kier molecular flexibility index (Phi) is 2.20. The SMILES string of the molecule is [O-][N+]1([Se]c2ccccc2)CCC1. The third kappa shape index (κ3) is 1.70. The molecular weight excluding hydrogens is 217 g/mol. The Hall–Kier alpha value is -0.341. The molecule has 0 radical (unpaired) electrons. The quantitative estimate of drug-likeness (QED) is 0.538. The fraction of sp³-hybridized carbons (Fsp3) is 0.333. The van der Waals surface area contributed by atoms with Gasteiger partial charge in [-0.25, -0.2) is 0 Å². The molecule has 12 heavy (non-hydrogen) atoms. The Labute approximate surface area is 78.7 Å². The zero-order valence-corrected chi connectivity index (χ0v) is 8.48. The minimum atomic E-state index is 0.0526. The van der Waals surface area contributed by atoms with E-state index in [1.807, 2.05) is 18.2 Å². The van der Waals surface area contributed by atoms with E-state index in [9.17, 15) is 5.21 Å². The second-order valence-corrected chi connectivity index (χ2v) is 5.79. The van der Waals surface area contributed by atoms with Crippen molar-refractivity contribution in [3.05, 3.63) is 35.5 Å².